The molecule has 1 aliphatic heterocycles. The minimum absolute atomic E-state index is 0.0652. The first-order valence-corrected chi connectivity index (χ1v) is 10.9. The summed E-state index contributed by atoms with van der Waals surface area (Å²) in [5.41, 5.74) is 2.08. The molecule has 1 saturated heterocycles. The Morgan fingerprint density at radius 2 is 1.71 bits per heavy atom. The van der Waals surface area contributed by atoms with Crippen molar-refractivity contribution in [3.05, 3.63) is 114 Å². The Kier molecular flexibility index (Phi) is 5.55. The first-order valence-electron chi connectivity index (χ1n) is 10.9. The van der Waals surface area contributed by atoms with Crippen molar-refractivity contribution in [3.63, 3.8) is 0 Å². The van der Waals surface area contributed by atoms with Crippen LogP contribution in [0.2, 0.25) is 0 Å². The lowest BCUT2D eigenvalue weighted by molar-refractivity contribution is -0.140. The van der Waals surface area contributed by atoms with Crippen molar-refractivity contribution in [1.82, 2.24) is 9.88 Å². The minimum atomic E-state index is -0.756. The number of ketones is 1. The molecule has 2 heterocycles. The molecule has 0 radical (unpaired) electrons. The van der Waals surface area contributed by atoms with Crippen molar-refractivity contribution in [1.29, 1.82) is 0 Å². The molecule has 1 aromatic heterocycles. The Morgan fingerprint density at radius 1 is 0.971 bits per heavy atom. The third kappa shape index (κ3) is 3.69. The van der Waals surface area contributed by atoms with Gasteiger partial charge in [0.05, 0.1) is 18.7 Å². The van der Waals surface area contributed by atoms with Crippen LogP contribution in [-0.4, -0.2) is 33.8 Å². The molecule has 6 nitrogen and oxygen atoms in total. The first kappa shape index (κ1) is 21.4. The molecule has 4 aromatic rings. The number of aliphatic hydroxyl groups is 1. The van der Waals surface area contributed by atoms with Crippen LogP contribution in [0.25, 0.3) is 16.5 Å². The molecule has 1 fully saturated rings. The van der Waals surface area contributed by atoms with Gasteiger partial charge in [-0.3, -0.25) is 14.6 Å². The number of Topliss-reactive ketones (excluding diaryl/α,β-unsaturated/α-hetero) is 1. The minimum Gasteiger partial charge on any atom is -0.507 e. The van der Waals surface area contributed by atoms with E-state index in [0.717, 1.165) is 16.3 Å². The Hall–Kier alpha value is -4.45. The number of nitrogens with zero attached hydrogens (tertiary/aromatic N) is 2. The van der Waals surface area contributed by atoms with Gasteiger partial charge in [0, 0.05) is 24.5 Å². The molecule has 0 spiro atoms. The highest BCUT2D eigenvalue weighted by atomic mass is 16.5. The Labute approximate surface area is 196 Å². The molecule has 0 aliphatic carbocycles. The average molecular weight is 450 g/mol. The van der Waals surface area contributed by atoms with Crippen molar-refractivity contribution in [3.8, 4) is 5.75 Å². The van der Waals surface area contributed by atoms with Gasteiger partial charge in [0.25, 0.3) is 11.7 Å². The van der Waals surface area contributed by atoms with Crippen LogP contribution in [0.4, 0.5) is 0 Å². The molecular weight excluding hydrogens is 428 g/mol. The van der Waals surface area contributed by atoms with Crippen molar-refractivity contribution >= 4 is 28.2 Å². The summed E-state index contributed by atoms with van der Waals surface area (Å²) in [5.74, 6) is -0.906. The van der Waals surface area contributed by atoms with Gasteiger partial charge in [-0.05, 0) is 46.2 Å². The molecule has 0 saturated carbocycles. The Morgan fingerprint density at radius 3 is 2.50 bits per heavy atom. The number of pyridine rings is 1. The molecule has 1 atom stereocenters. The lowest BCUT2D eigenvalue weighted by atomic mass is 9.93. The van der Waals surface area contributed by atoms with E-state index in [0.29, 0.717) is 16.9 Å². The van der Waals surface area contributed by atoms with Crippen LogP contribution >= 0.6 is 0 Å². The van der Waals surface area contributed by atoms with Gasteiger partial charge in [-0.15, -0.1) is 0 Å². The summed E-state index contributed by atoms with van der Waals surface area (Å²) in [4.78, 5) is 32.1. The van der Waals surface area contributed by atoms with E-state index in [1.807, 2.05) is 60.7 Å². The number of aliphatic hydroxyl groups excluding tert-OH is 1. The number of carbonyl (C=O) groups excluding carboxylic acids is 2. The zero-order valence-electron chi connectivity index (χ0n) is 18.5. The number of benzene rings is 3. The number of methoxy groups -OCH3 is 1. The summed E-state index contributed by atoms with van der Waals surface area (Å²) in [6.07, 6.45) is 3.22. The van der Waals surface area contributed by atoms with Crippen LogP contribution in [0.15, 0.2) is 96.8 Å². The number of hydrogen-bond acceptors (Lipinski definition) is 5. The summed E-state index contributed by atoms with van der Waals surface area (Å²) in [7, 11) is 1.58. The predicted octanol–water partition coefficient (Wildman–Crippen LogP) is 4.87. The van der Waals surface area contributed by atoms with Crippen molar-refractivity contribution in [2.24, 2.45) is 0 Å². The summed E-state index contributed by atoms with van der Waals surface area (Å²) in [5, 5.41) is 13.2. The zero-order chi connectivity index (χ0) is 23.7. The van der Waals surface area contributed by atoms with Crippen LogP contribution in [0.3, 0.4) is 0 Å². The standard InChI is InChI=1S/C28H22N2O4/c1-34-21-9-4-6-18(16-21)17-30-25(20-12-14-29-15-13-20)24(27(32)28(30)33)26(31)23-11-5-8-19-7-2-3-10-22(19)23/h2-16,25,31H,17H2,1H3/b26-24-. The molecule has 3 aromatic carbocycles. The normalized spacial score (nSPS) is 17.3. The number of aromatic nitrogens is 1. The Bertz CT molecular complexity index is 1420. The SMILES string of the molecule is COc1cccc(CN2C(=O)C(=O)/C(=C(\O)c3cccc4ccccc34)C2c2ccncc2)c1. The molecule has 6 heteroatoms. The van der Waals surface area contributed by atoms with Gasteiger partial charge in [-0.1, -0.05) is 54.6 Å². The molecule has 34 heavy (non-hydrogen) atoms. The monoisotopic (exact) mass is 450 g/mol. The van der Waals surface area contributed by atoms with Crippen LogP contribution in [0.1, 0.15) is 22.7 Å². The number of hydrogen-bond donors (Lipinski definition) is 1. The van der Waals surface area contributed by atoms with E-state index in [4.69, 9.17) is 4.74 Å². The number of rotatable bonds is 5. The van der Waals surface area contributed by atoms with Gasteiger partial charge in [0.2, 0.25) is 0 Å². The highest BCUT2D eigenvalue weighted by Crippen LogP contribution is 2.41. The average Bonchev–Trinajstić information content (AvgIpc) is 3.13. The van der Waals surface area contributed by atoms with E-state index in [9.17, 15) is 14.7 Å². The van der Waals surface area contributed by atoms with Crippen LogP contribution in [0, 0.1) is 0 Å². The molecule has 1 aliphatic rings. The highest BCUT2D eigenvalue weighted by molar-refractivity contribution is 6.46. The van der Waals surface area contributed by atoms with Gasteiger partial charge in [0.15, 0.2) is 0 Å². The third-order valence-electron chi connectivity index (χ3n) is 6.09. The fourth-order valence-corrected chi connectivity index (χ4v) is 4.48. The maximum Gasteiger partial charge on any atom is 0.295 e. The van der Waals surface area contributed by atoms with Gasteiger partial charge in [-0.25, -0.2) is 0 Å². The van der Waals surface area contributed by atoms with Crippen molar-refractivity contribution in [2.75, 3.05) is 7.11 Å². The molecule has 0 bridgehead atoms. The molecule has 1 unspecified atom stereocenters. The number of ether oxygens (including phenoxy) is 1. The van der Waals surface area contributed by atoms with Crippen molar-refractivity contribution in [2.45, 2.75) is 12.6 Å². The van der Waals surface area contributed by atoms with Gasteiger partial charge >= 0.3 is 0 Å². The number of amides is 1. The fraction of sp³-hybridized carbons (Fsp3) is 0.107. The lowest BCUT2D eigenvalue weighted by Crippen LogP contribution is -2.29. The summed E-state index contributed by atoms with van der Waals surface area (Å²) >= 11 is 0. The quantitative estimate of drug-likeness (QED) is 0.267. The van der Waals surface area contributed by atoms with E-state index in [2.05, 4.69) is 4.98 Å². The van der Waals surface area contributed by atoms with E-state index in [-0.39, 0.29) is 17.9 Å². The largest absolute Gasteiger partial charge is 0.507 e. The second-order valence-corrected chi connectivity index (χ2v) is 8.09. The topological polar surface area (TPSA) is 79.7 Å². The third-order valence-corrected chi connectivity index (χ3v) is 6.09. The van der Waals surface area contributed by atoms with Gasteiger partial charge in [0.1, 0.15) is 11.5 Å². The van der Waals surface area contributed by atoms with E-state index >= 15 is 0 Å². The zero-order valence-corrected chi connectivity index (χ0v) is 18.5. The second kappa shape index (κ2) is 8.83. The maximum atomic E-state index is 13.3. The van der Waals surface area contributed by atoms with Crippen LogP contribution in [0.5, 0.6) is 5.75 Å². The van der Waals surface area contributed by atoms with Gasteiger partial charge in [-0.2, -0.15) is 0 Å². The predicted molar refractivity (Wildman–Crippen MR) is 129 cm³/mol. The van der Waals surface area contributed by atoms with E-state index < -0.39 is 17.7 Å². The molecule has 5 rings (SSSR count). The highest BCUT2D eigenvalue weighted by Gasteiger charge is 2.46. The van der Waals surface area contributed by atoms with Gasteiger partial charge < -0.3 is 14.7 Å². The summed E-state index contributed by atoms with van der Waals surface area (Å²) < 4.78 is 5.31. The summed E-state index contributed by atoms with van der Waals surface area (Å²) in [6.45, 7) is 0.182. The van der Waals surface area contributed by atoms with Crippen LogP contribution < -0.4 is 4.74 Å². The molecule has 168 valence electrons. The fourth-order valence-electron chi connectivity index (χ4n) is 4.48. The summed E-state index contributed by atoms with van der Waals surface area (Å²) in [6, 6.07) is 23.2. The van der Waals surface area contributed by atoms with E-state index in [1.54, 1.807) is 37.7 Å². The molecular formula is C28H22N2O4. The Balaban J connectivity index is 1.68. The van der Waals surface area contributed by atoms with E-state index in [1.165, 1.54) is 4.90 Å². The molecule has 1 N–H and O–H groups in total. The number of fused-ring (bicyclic) bond motifs is 1. The smallest absolute Gasteiger partial charge is 0.295 e. The van der Waals surface area contributed by atoms with Crippen molar-refractivity contribution < 1.29 is 19.4 Å². The van der Waals surface area contributed by atoms with Crippen LogP contribution in [-0.2, 0) is 16.1 Å². The number of likely N-dealkylation sites (tertiary alicyclic amines) is 1. The molecule has 1 amide bonds. The lowest BCUT2D eigenvalue weighted by Gasteiger charge is -2.25. The maximum absolute atomic E-state index is 13.3. The first-order chi connectivity index (χ1) is 16.6. The number of carbonyl (C=O) groups is 2. The second-order valence-electron chi connectivity index (χ2n) is 8.09.